The first kappa shape index (κ1) is 17.7. The topological polar surface area (TPSA) is 74.6 Å². The summed E-state index contributed by atoms with van der Waals surface area (Å²) in [6, 6.07) is 0. The third-order valence-electron chi connectivity index (χ3n) is 9.06. The van der Waals surface area contributed by atoms with E-state index in [2.05, 4.69) is 6.92 Å². The smallest absolute Gasteiger partial charge is 0.161 e. The maximum absolute atomic E-state index is 13.3. The number of fused-ring (bicyclic) bond motifs is 5. The van der Waals surface area contributed by atoms with Gasteiger partial charge in [-0.25, -0.2) is 0 Å². The van der Waals surface area contributed by atoms with E-state index in [1.54, 1.807) is 0 Å². The van der Waals surface area contributed by atoms with E-state index in [0.717, 1.165) is 38.5 Å². The number of carbonyl (C=O) groups excluding carboxylic acids is 2. The second-order valence-corrected chi connectivity index (χ2v) is 9.97. The van der Waals surface area contributed by atoms with E-state index in [1.165, 1.54) is 6.92 Å². The molecule has 0 aromatic carbocycles. The lowest BCUT2D eigenvalue weighted by molar-refractivity contribution is -0.178. The van der Waals surface area contributed by atoms with Crippen molar-refractivity contribution in [2.45, 2.75) is 83.8 Å². The van der Waals surface area contributed by atoms with Crippen molar-refractivity contribution in [3.63, 3.8) is 0 Å². The molecule has 0 aliphatic heterocycles. The van der Waals surface area contributed by atoms with Crippen LogP contribution in [-0.2, 0) is 9.59 Å². The molecule has 0 heterocycles. The van der Waals surface area contributed by atoms with Crippen LogP contribution >= 0.6 is 0 Å². The lowest BCUT2D eigenvalue weighted by atomic mass is 9.44. The average Bonchev–Trinajstić information content (AvgIpc) is 2.80. The fourth-order valence-corrected chi connectivity index (χ4v) is 7.63. The lowest BCUT2D eigenvalue weighted by Crippen LogP contribution is -2.61. The highest BCUT2D eigenvalue weighted by Crippen LogP contribution is 2.67. The number of hydrogen-bond donors (Lipinski definition) is 2. The van der Waals surface area contributed by atoms with Crippen LogP contribution in [0.25, 0.3) is 0 Å². The first-order valence-corrected chi connectivity index (χ1v) is 10.1. The Morgan fingerprint density at radius 2 is 1.84 bits per heavy atom. The molecule has 2 N–H and O–H groups in total. The summed E-state index contributed by atoms with van der Waals surface area (Å²) in [6.45, 7) is 5.73. The van der Waals surface area contributed by atoms with Crippen molar-refractivity contribution in [1.82, 2.24) is 0 Å². The maximum Gasteiger partial charge on any atom is 0.161 e. The molecule has 4 rings (SSSR count). The molecule has 0 saturated heterocycles. The minimum Gasteiger partial charge on any atom is -0.393 e. The first-order valence-electron chi connectivity index (χ1n) is 10.1. The van der Waals surface area contributed by atoms with E-state index in [4.69, 9.17) is 0 Å². The molecular formula is C21H32O4. The molecule has 4 heteroatoms. The van der Waals surface area contributed by atoms with E-state index >= 15 is 0 Å². The Morgan fingerprint density at radius 1 is 1.12 bits per heavy atom. The number of aliphatic hydroxyl groups is 2. The number of rotatable bonds is 1. The summed E-state index contributed by atoms with van der Waals surface area (Å²) in [7, 11) is 0. The highest BCUT2D eigenvalue weighted by atomic mass is 16.3. The number of hydrogen-bond acceptors (Lipinski definition) is 4. The summed E-state index contributed by atoms with van der Waals surface area (Å²) >= 11 is 0. The normalized spacial score (nSPS) is 55.2. The van der Waals surface area contributed by atoms with Crippen molar-refractivity contribution in [1.29, 1.82) is 0 Å². The van der Waals surface area contributed by atoms with Gasteiger partial charge >= 0.3 is 0 Å². The van der Waals surface area contributed by atoms with Gasteiger partial charge in [0.15, 0.2) is 5.78 Å². The van der Waals surface area contributed by atoms with Crippen molar-refractivity contribution in [2.24, 2.45) is 34.5 Å². The van der Waals surface area contributed by atoms with Crippen molar-refractivity contribution in [3.8, 4) is 0 Å². The third kappa shape index (κ3) is 2.13. The van der Waals surface area contributed by atoms with Crippen LogP contribution in [0.4, 0.5) is 0 Å². The number of Topliss-reactive ketones (excluding diaryl/α,β-unsaturated/α-hetero) is 2. The largest absolute Gasteiger partial charge is 0.393 e. The first-order chi connectivity index (χ1) is 11.6. The van der Waals surface area contributed by atoms with Gasteiger partial charge in [0.25, 0.3) is 0 Å². The molecule has 4 nitrogen and oxygen atoms in total. The van der Waals surface area contributed by atoms with Gasteiger partial charge in [-0.3, -0.25) is 9.59 Å². The molecule has 0 spiro atoms. The molecule has 0 bridgehead atoms. The summed E-state index contributed by atoms with van der Waals surface area (Å²) in [5.41, 5.74) is -1.95. The van der Waals surface area contributed by atoms with Gasteiger partial charge in [0, 0.05) is 17.8 Å². The minimum absolute atomic E-state index is 0.0164. The van der Waals surface area contributed by atoms with E-state index < -0.39 is 11.0 Å². The molecule has 4 fully saturated rings. The van der Waals surface area contributed by atoms with Crippen LogP contribution in [0.5, 0.6) is 0 Å². The molecular weight excluding hydrogens is 316 g/mol. The van der Waals surface area contributed by atoms with Crippen molar-refractivity contribution in [2.75, 3.05) is 0 Å². The average molecular weight is 348 g/mol. The summed E-state index contributed by atoms with van der Waals surface area (Å²) in [5, 5.41) is 21.2. The minimum atomic E-state index is -1.33. The van der Waals surface area contributed by atoms with Gasteiger partial charge in [-0.15, -0.1) is 0 Å². The zero-order chi connectivity index (χ0) is 18.2. The van der Waals surface area contributed by atoms with Gasteiger partial charge in [-0.05, 0) is 75.0 Å². The zero-order valence-corrected chi connectivity index (χ0v) is 15.8. The Hall–Kier alpha value is -0.740. The van der Waals surface area contributed by atoms with Crippen molar-refractivity contribution < 1.29 is 19.8 Å². The molecule has 0 unspecified atom stereocenters. The monoisotopic (exact) mass is 348 g/mol. The van der Waals surface area contributed by atoms with Crippen LogP contribution in [0.2, 0.25) is 0 Å². The molecule has 4 saturated carbocycles. The molecule has 0 amide bonds. The molecule has 4 aliphatic rings. The molecule has 0 radical (unpaired) electrons. The van der Waals surface area contributed by atoms with Crippen LogP contribution < -0.4 is 0 Å². The molecule has 0 aromatic rings. The quantitative estimate of drug-likeness (QED) is 0.764. The van der Waals surface area contributed by atoms with Gasteiger partial charge in [-0.2, -0.15) is 0 Å². The maximum atomic E-state index is 13.3. The number of ketones is 2. The van der Waals surface area contributed by atoms with Gasteiger partial charge < -0.3 is 10.2 Å². The Labute approximate surface area is 150 Å². The predicted molar refractivity (Wildman–Crippen MR) is 93.8 cm³/mol. The van der Waals surface area contributed by atoms with Crippen molar-refractivity contribution >= 4 is 11.6 Å². The van der Waals surface area contributed by atoms with Crippen LogP contribution in [0.1, 0.15) is 72.1 Å². The van der Waals surface area contributed by atoms with E-state index in [-0.39, 0.29) is 40.8 Å². The Kier molecular flexibility index (Phi) is 3.81. The zero-order valence-electron chi connectivity index (χ0n) is 15.8. The van der Waals surface area contributed by atoms with Crippen LogP contribution in [0, 0.1) is 34.5 Å². The molecule has 140 valence electrons. The second-order valence-electron chi connectivity index (χ2n) is 9.97. The van der Waals surface area contributed by atoms with Gasteiger partial charge in [0.2, 0.25) is 0 Å². The predicted octanol–water partition coefficient (Wildman–Crippen LogP) is 2.89. The Morgan fingerprint density at radius 3 is 2.52 bits per heavy atom. The van der Waals surface area contributed by atoms with Crippen molar-refractivity contribution in [3.05, 3.63) is 0 Å². The highest BCUT2D eigenvalue weighted by molar-refractivity contribution is 5.90. The second kappa shape index (κ2) is 5.39. The van der Waals surface area contributed by atoms with E-state index in [9.17, 15) is 19.8 Å². The van der Waals surface area contributed by atoms with Crippen LogP contribution in [-0.4, -0.2) is 33.5 Å². The SMILES string of the molecule is CC(=O)[C@]1(O)CC[C@@H]2[C@H]3CC[C@H]4C[C@H](O)CC[C@]4(C)[C@@H]3C(=O)C[C@@]21C. The molecule has 25 heavy (non-hydrogen) atoms. The van der Waals surface area contributed by atoms with E-state index in [0.29, 0.717) is 18.8 Å². The fraction of sp³-hybridized carbons (Fsp3) is 0.905. The molecule has 0 aromatic heterocycles. The summed E-state index contributed by atoms with van der Waals surface area (Å²) in [6.07, 6.45) is 6.07. The summed E-state index contributed by atoms with van der Waals surface area (Å²) in [5.74, 6) is 1.10. The molecule has 8 atom stereocenters. The van der Waals surface area contributed by atoms with Crippen LogP contribution in [0.15, 0.2) is 0 Å². The molecule has 4 aliphatic carbocycles. The summed E-state index contributed by atoms with van der Waals surface area (Å²) in [4.78, 5) is 25.6. The van der Waals surface area contributed by atoms with Gasteiger partial charge in [0.05, 0.1) is 6.10 Å². The van der Waals surface area contributed by atoms with E-state index in [1.807, 2.05) is 6.92 Å². The fourth-order valence-electron chi connectivity index (χ4n) is 7.63. The number of carbonyl (C=O) groups is 2. The van der Waals surface area contributed by atoms with Gasteiger partial charge in [0.1, 0.15) is 11.4 Å². The Balaban J connectivity index is 1.71. The number of aliphatic hydroxyl groups excluding tert-OH is 1. The Bertz CT molecular complexity index is 615. The van der Waals surface area contributed by atoms with Crippen LogP contribution in [0.3, 0.4) is 0 Å². The third-order valence-corrected chi connectivity index (χ3v) is 9.06. The lowest BCUT2D eigenvalue weighted by Gasteiger charge is -2.60. The highest BCUT2D eigenvalue weighted by Gasteiger charge is 2.68. The standard InChI is InChI=1S/C21H32O4/c1-12(22)21(25)9-7-16-15-5-4-13-10-14(23)6-8-19(13,2)18(15)17(24)11-20(16,21)3/h13-16,18,23,25H,4-11H2,1-3H3/t13-,14+,15+,16+,18-,19-,20-,21+/m0/s1. The summed E-state index contributed by atoms with van der Waals surface area (Å²) < 4.78 is 0. The van der Waals surface area contributed by atoms with Gasteiger partial charge in [-0.1, -0.05) is 13.8 Å².